The number of β-amino-alcohol motifs (C(OH)–C–C–N with tert-alkyl or cyclic N) is 1. The first-order chi connectivity index (χ1) is 11.7. The minimum atomic E-state index is -0.666. The third kappa shape index (κ3) is 2.47. The first kappa shape index (κ1) is 14.6. The Morgan fingerprint density at radius 3 is 2.58 bits per heavy atom. The average Bonchev–Trinajstić information content (AvgIpc) is 3.15. The number of carbonyl (C=O) groups excluding carboxylic acids is 1. The third-order valence-corrected chi connectivity index (χ3v) is 4.29. The Balaban J connectivity index is 1.69. The predicted molar refractivity (Wildman–Crippen MR) is 87.5 cm³/mol. The standard InChI is InChI=1S/C18H16N4O2/c23-17-10-21(9-13-5-1-2-6-14(13)17)18(24)15-7-3-4-8-16(15)22-11-19-20-12-22/h1-8,11-12,17,23H,9-10H2/t17-/m0/s1. The van der Waals surface area contributed by atoms with Gasteiger partial charge in [0.2, 0.25) is 0 Å². The highest BCUT2D eigenvalue weighted by atomic mass is 16.3. The summed E-state index contributed by atoms with van der Waals surface area (Å²) in [7, 11) is 0. The lowest BCUT2D eigenvalue weighted by Crippen LogP contribution is -2.38. The number of hydrogen-bond donors (Lipinski definition) is 1. The maximum absolute atomic E-state index is 13.0. The molecular weight excluding hydrogens is 304 g/mol. The van der Waals surface area contributed by atoms with Crippen LogP contribution in [0.4, 0.5) is 0 Å². The predicted octanol–water partition coefficient (Wildman–Crippen LogP) is 1.96. The number of aromatic nitrogens is 3. The van der Waals surface area contributed by atoms with Gasteiger partial charge in [-0.15, -0.1) is 10.2 Å². The van der Waals surface area contributed by atoms with Crippen molar-refractivity contribution in [3.63, 3.8) is 0 Å². The first-order valence-corrected chi connectivity index (χ1v) is 7.73. The molecule has 1 amide bonds. The number of para-hydroxylation sites is 1. The van der Waals surface area contributed by atoms with E-state index in [-0.39, 0.29) is 12.5 Å². The monoisotopic (exact) mass is 320 g/mol. The molecule has 0 radical (unpaired) electrons. The Morgan fingerprint density at radius 1 is 1.04 bits per heavy atom. The highest BCUT2D eigenvalue weighted by molar-refractivity contribution is 5.98. The molecule has 3 aromatic rings. The summed E-state index contributed by atoms with van der Waals surface area (Å²) < 4.78 is 1.71. The van der Waals surface area contributed by atoms with Crippen LogP contribution in [0.1, 0.15) is 27.6 Å². The summed E-state index contributed by atoms with van der Waals surface area (Å²) in [5, 5.41) is 18.0. The third-order valence-electron chi connectivity index (χ3n) is 4.29. The maximum atomic E-state index is 13.0. The quantitative estimate of drug-likeness (QED) is 0.783. The summed E-state index contributed by atoms with van der Waals surface area (Å²) in [6.45, 7) is 0.773. The molecule has 6 heteroatoms. The molecule has 4 rings (SSSR count). The second-order valence-electron chi connectivity index (χ2n) is 5.79. The molecule has 0 aliphatic carbocycles. The molecule has 0 saturated heterocycles. The van der Waals surface area contributed by atoms with Crippen LogP contribution in [0.3, 0.4) is 0 Å². The minimum Gasteiger partial charge on any atom is -0.387 e. The van der Waals surface area contributed by atoms with E-state index in [1.54, 1.807) is 28.2 Å². The van der Waals surface area contributed by atoms with Crippen LogP contribution in [0, 0.1) is 0 Å². The topological polar surface area (TPSA) is 71.2 Å². The van der Waals surface area contributed by atoms with Gasteiger partial charge >= 0.3 is 0 Å². The van der Waals surface area contributed by atoms with Gasteiger partial charge in [0.15, 0.2) is 0 Å². The Labute approximate surface area is 139 Å². The van der Waals surface area contributed by atoms with E-state index in [0.717, 1.165) is 16.8 Å². The molecule has 24 heavy (non-hydrogen) atoms. The number of carbonyl (C=O) groups is 1. The number of rotatable bonds is 2. The van der Waals surface area contributed by atoms with E-state index >= 15 is 0 Å². The zero-order valence-electron chi connectivity index (χ0n) is 12.9. The highest BCUT2D eigenvalue weighted by Crippen LogP contribution is 2.28. The van der Waals surface area contributed by atoms with Crippen molar-refractivity contribution >= 4 is 5.91 Å². The Kier molecular flexibility index (Phi) is 3.59. The molecule has 0 saturated carbocycles. The Morgan fingerprint density at radius 2 is 1.75 bits per heavy atom. The van der Waals surface area contributed by atoms with Crippen molar-refractivity contribution in [2.24, 2.45) is 0 Å². The largest absolute Gasteiger partial charge is 0.387 e. The maximum Gasteiger partial charge on any atom is 0.256 e. The highest BCUT2D eigenvalue weighted by Gasteiger charge is 2.28. The van der Waals surface area contributed by atoms with Crippen LogP contribution >= 0.6 is 0 Å². The van der Waals surface area contributed by atoms with E-state index in [1.165, 1.54) is 0 Å². The number of fused-ring (bicyclic) bond motifs is 1. The summed E-state index contributed by atoms with van der Waals surface area (Å²) in [5.74, 6) is -0.118. The molecule has 2 heterocycles. The van der Waals surface area contributed by atoms with Gasteiger partial charge in [0, 0.05) is 6.54 Å². The van der Waals surface area contributed by atoms with E-state index in [9.17, 15) is 9.90 Å². The zero-order chi connectivity index (χ0) is 16.5. The van der Waals surface area contributed by atoms with Gasteiger partial charge in [-0.05, 0) is 23.3 Å². The minimum absolute atomic E-state index is 0.118. The number of aliphatic hydroxyl groups excluding tert-OH is 1. The first-order valence-electron chi connectivity index (χ1n) is 7.73. The summed E-state index contributed by atoms with van der Waals surface area (Å²) in [4.78, 5) is 14.7. The molecule has 0 fully saturated rings. The van der Waals surface area contributed by atoms with Crippen molar-refractivity contribution in [2.45, 2.75) is 12.6 Å². The normalized spacial score (nSPS) is 16.7. The van der Waals surface area contributed by atoms with Crippen molar-refractivity contribution < 1.29 is 9.90 Å². The van der Waals surface area contributed by atoms with Crippen molar-refractivity contribution in [1.29, 1.82) is 0 Å². The van der Waals surface area contributed by atoms with E-state index in [1.807, 2.05) is 42.5 Å². The molecular formula is C18H16N4O2. The lowest BCUT2D eigenvalue weighted by atomic mass is 9.97. The number of aliphatic hydroxyl groups is 1. The Bertz CT molecular complexity index is 876. The van der Waals surface area contributed by atoms with Crippen molar-refractivity contribution in [3.8, 4) is 5.69 Å². The van der Waals surface area contributed by atoms with Crippen molar-refractivity contribution in [2.75, 3.05) is 6.54 Å². The van der Waals surface area contributed by atoms with Crippen LogP contribution in [0.15, 0.2) is 61.2 Å². The fourth-order valence-electron chi connectivity index (χ4n) is 3.11. The summed E-state index contributed by atoms with van der Waals surface area (Å²) >= 11 is 0. The molecule has 2 aromatic carbocycles. The fourth-order valence-corrected chi connectivity index (χ4v) is 3.11. The molecule has 1 atom stereocenters. The van der Waals surface area contributed by atoms with E-state index < -0.39 is 6.10 Å². The second-order valence-corrected chi connectivity index (χ2v) is 5.79. The molecule has 1 N–H and O–H groups in total. The van der Waals surface area contributed by atoms with E-state index in [4.69, 9.17) is 0 Å². The zero-order valence-corrected chi connectivity index (χ0v) is 12.9. The number of amides is 1. The van der Waals surface area contributed by atoms with Crippen LogP contribution < -0.4 is 0 Å². The van der Waals surface area contributed by atoms with Gasteiger partial charge < -0.3 is 10.0 Å². The van der Waals surface area contributed by atoms with Gasteiger partial charge in [0.25, 0.3) is 5.91 Å². The SMILES string of the molecule is O=C(c1ccccc1-n1cnnc1)N1Cc2ccccc2[C@@H](O)C1. The molecule has 0 bridgehead atoms. The van der Waals surface area contributed by atoms with Gasteiger partial charge in [-0.25, -0.2) is 0 Å². The van der Waals surface area contributed by atoms with Gasteiger partial charge in [0.05, 0.1) is 23.9 Å². The summed E-state index contributed by atoms with van der Waals surface area (Å²) in [6, 6.07) is 15.0. The van der Waals surface area contributed by atoms with Gasteiger partial charge in [-0.3, -0.25) is 9.36 Å². The van der Waals surface area contributed by atoms with Gasteiger partial charge in [-0.1, -0.05) is 36.4 Å². The van der Waals surface area contributed by atoms with Crippen LogP contribution in [-0.4, -0.2) is 37.2 Å². The lowest BCUT2D eigenvalue weighted by Gasteiger charge is -2.32. The van der Waals surface area contributed by atoms with Gasteiger partial charge in [0.1, 0.15) is 12.7 Å². The number of nitrogens with zero attached hydrogens (tertiary/aromatic N) is 4. The second kappa shape index (κ2) is 5.90. The molecule has 6 nitrogen and oxygen atoms in total. The summed E-state index contributed by atoms with van der Waals surface area (Å²) in [6.07, 6.45) is 2.46. The van der Waals surface area contributed by atoms with E-state index in [0.29, 0.717) is 12.1 Å². The molecule has 120 valence electrons. The van der Waals surface area contributed by atoms with E-state index in [2.05, 4.69) is 10.2 Å². The molecule has 1 aliphatic rings. The Hall–Kier alpha value is -2.99. The van der Waals surface area contributed by atoms with Crippen LogP contribution in [0.2, 0.25) is 0 Å². The van der Waals surface area contributed by atoms with Crippen LogP contribution in [0.25, 0.3) is 5.69 Å². The lowest BCUT2D eigenvalue weighted by molar-refractivity contribution is 0.0550. The number of hydrogen-bond acceptors (Lipinski definition) is 4. The summed E-state index contributed by atoms with van der Waals surface area (Å²) in [5.41, 5.74) is 3.16. The fraction of sp³-hybridized carbons (Fsp3) is 0.167. The molecule has 1 aromatic heterocycles. The van der Waals surface area contributed by atoms with Crippen molar-refractivity contribution in [3.05, 3.63) is 77.9 Å². The molecule has 0 unspecified atom stereocenters. The average molecular weight is 320 g/mol. The van der Waals surface area contributed by atoms with Crippen LogP contribution in [-0.2, 0) is 6.54 Å². The molecule has 0 spiro atoms. The smallest absolute Gasteiger partial charge is 0.256 e. The van der Waals surface area contributed by atoms with Crippen LogP contribution in [0.5, 0.6) is 0 Å². The number of benzene rings is 2. The molecule has 1 aliphatic heterocycles. The van der Waals surface area contributed by atoms with Crippen molar-refractivity contribution in [1.82, 2.24) is 19.7 Å². The van der Waals surface area contributed by atoms with Gasteiger partial charge in [-0.2, -0.15) is 0 Å².